The normalized spacial score (nSPS) is 11.4. The minimum absolute atomic E-state index is 0.107. The van der Waals surface area contributed by atoms with E-state index in [4.69, 9.17) is 4.74 Å². The van der Waals surface area contributed by atoms with Gasteiger partial charge in [0.1, 0.15) is 17.3 Å². The molecule has 170 valence electrons. The Hall–Kier alpha value is -3.73. The number of nitrogens with zero attached hydrogens (tertiary/aromatic N) is 3. The lowest BCUT2D eigenvalue weighted by Crippen LogP contribution is -2.21. The predicted molar refractivity (Wildman–Crippen MR) is 115 cm³/mol. The fourth-order valence-corrected chi connectivity index (χ4v) is 3.83. The summed E-state index contributed by atoms with van der Waals surface area (Å²) < 4.78 is 61.2. The largest absolute Gasteiger partial charge is 0.494 e. The van der Waals surface area contributed by atoms with Gasteiger partial charge in [-0.2, -0.15) is 18.3 Å². The molecule has 0 spiro atoms. The van der Waals surface area contributed by atoms with E-state index in [1.54, 1.807) is 29.6 Å². The van der Waals surface area contributed by atoms with E-state index in [9.17, 15) is 22.4 Å². The molecule has 0 aliphatic carbocycles. The maximum atomic E-state index is 14.1. The zero-order valence-electron chi connectivity index (χ0n) is 17.1. The van der Waals surface area contributed by atoms with Crippen molar-refractivity contribution in [1.29, 1.82) is 0 Å². The summed E-state index contributed by atoms with van der Waals surface area (Å²) >= 11 is 1.06. The third-order valence-electron chi connectivity index (χ3n) is 4.55. The molecule has 4 rings (SSSR count). The topological polar surface area (TPSA) is 69.0 Å². The van der Waals surface area contributed by atoms with Crippen molar-refractivity contribution in [2.45, 2.75) is 13.1 Å². The molecule has 0 aliphatic rings. The van der Waals surface area contributed by atoms with Gasteiger partial charge < -0.3 is 4.74 Å². The van der Waals surface area contributed by atoms with Gasteiger partial charge in [0.05, 0.1) is 24.1 Å². The summed E-state index contributed by atoms with van der Waals surface area (Å²) in [5, 5.41) is 7.76. The number of hydrogen-bond donors (Lipinski definition) is 1. The smallest absolute Gasteiger partial charge is 0.434 e. The van der Waals surface area contributed by atoms with Gasteiger partial charge in [-0.05, 0) is 43.3 Å². The highest BCUT2D eigenvalue weighted by molar-refractivity contribution is 7.14. The Bertz CT molecular complexity index is 1280. The van der Waals surface area contributed by atoms with Crippen molar-refractivity contribution in [3.63, 3.8) is 0 Å². The molecule has 2 heterocycles. The molecule has 11 heteroatoms. The molecule has 2 aromatic carbocycles. The zero-order valence-corrected chi connectivity index (χ0v) is 17.9. The molecule has 0 aliphatic heterocycles. The third kappa shape index (κ3) is 4.72. The fraction of sp³-hybridized carbons (Fsp3) is 0.136. The molecule has 6 nitrogen and oxygen atoms in total. The average molecular weight is 476 g/mol. The van der Waals surface area contributed by atoms with Crippen LogP contribution < -0.4 is 10.1 Å². The molecule has 1 amide bonds. The highest BCUT2D eigenvalue weighted by Crippen LogP contribution is 2.35. The molecule has 0 saturated carbocycles. The lowest BCUT2D eigenvalue weighted by molar-refractivity contribution is -0.143. The van der Waals surface area contributed by atoms with E-state index in [0.29, 0.717) is 22.7 Å². The van der Waals surface area contributed by atoms with Gasteiger partial charge in [-0.25, -0.2) is 14.1 Å². The molecule has 2 aromatic heterocycles. The zero-order chi connectivity index (χ0) is 23.6. The van der Waals surface area contributed by atoms with Crippen LogP contribution >= 0.6 is 11.3 Å². The Morgan fingerprint density at radius 1 is 1.15 bits per heavy atom. The summed E-state index contributed by atoms with van der Waals surface area (Å²) in [5.41, 5.74) is -1.26. The lowest BCUT2D eigenvalue weighted by Gasteiger charge is -2.13. The van der Waals surface area contributed by atoms with Crippen molar-refractivity contribution < 1.29 is 27.1 Å². The van der Waals surface area contributed by atoms with E-state index in [-0.39, 0.29) is 5.13 Å². The van der Waals surface area contributed by atoms with E-state index in [1.807, 2.05) is 6.92 Å². The number of amides is 1. The summed E-state index contributed by atoms with van der Waals surface area (Å²) in [6.07, 6.45) is -4.20. The van der Waals surface area contributed by atoms with Crippen LogP contribution in [0.2, 0.25) is 0 Å². The number of hydrogen-bond acceptors (Lipinski definition) is 5. The lowest BCUT2D eigenvalue weighted by atomic mass is 10.2. The van der Waals surface area contributed by atoms with E-state index in [1.165, 1.54) is 12.1 Å². The van der Waals surface area contributed by atoms with Crippen LogP contribution in [0.15, 0.2) is 60.1 Å². The Kier molecular flexibility index (Phi) is 6.14. The van der Waals surface area contributed by atoms with E-state index in [2.05, 4.69) is 15.4 Å². The minimum atomic E-state index is -4.96. The molecule has 33 heavy (non-hydrogen) atoms. The second-order valence-corrected chi connectivity index (χ2v) is 7.58. The van der Waals surface area contributed by atoms with Crippen LogP contribution in [0.4, 0.5) is 22.7 Å². The number of nitrogens with one attached hydrogen (secondary N) is 1. The third-order valence-corrected chi connectivity index (χ3v) is 5.31. The standard InChI is InChI=1S/C22H16F4N4O2S/c1-2-32-14-9-7-13(8-10-14)17-12-33-21(28-17)29-20(31)15-11-27-30(19(15)22(24,25)26)18-6-4-3-5-16(18)23/h3-12H,2H2,1H3,(H,28,29,31). The molecule has 4 aromatic rings. The number of rotatable bonds is 6. The first-order chi connectivity index (χ1) is 15.8. The number of halogens is 4. The number of aromatic nitrogens is 3. The van der Waals surface area contributed by atoms with Gasteiger partial charge in [0, 0.05) is 10.9 Å². The minimum Gasteiger partial charge on any atom is -0.494 e. The molecular formula is C22H16F4N4O2S. The fourth-order valence-electron chi connectivity index (χ4n) is 3.11. The maximum absolute atomic E-state index is 14.1. The summed E-state index contributed by atoms with van der Waals surface area (Å²) in [4.78, 5) is 16.9. The molecule has 0 bridgehead atoms. The van der Waals surface area contributed by atoms with Crippen molar-refractivity contribution in [3.8, 4) is 22.7 Å². The number of thiazole rings is 1. The number of benzene rings is 2. The van der Waals surface area contributed by atoms with Crippen LogP contribution in [0.1, 0.15) is 23.0 Å². The first kappa shape index (κ1) is 22.5. The molecule has 0 radical (unpaired) electrons. The Morgan fingerprint density at radius 2 is 1.88 bits per heavy atom. The van der Waals surface area contributed by atoms with E-state index < -0.39 is 34.8 Å². The SMILES string of the molecule is CCOc1ccc(-c2csc(NC(=O)c3cnn(-c4ccccc4F)c3C(F)(F)F)n2)cc1. The van der Waals surface area contributed by atoms with Crippen LogP contribution in [0.25, 0.3) is 16.9 Å². The van der Waals surface area contributed by atoms with Gasteiger partial charge in [0.2, 0.25) is 0 Å². The predicted octanol–water partition coefficient (Wildman–Crippen LogP) is 5.80. The van der Waals surface area contributed by atoms with Gasteiger partial charge in [-0.3, -0.25) is 10.1 Å². The van der Waals surface area contributed by atoms with Crippen LogP contribution in [-0.2, 0) is 6.18 Å². The maximum Gasteiger partial charge on any atom is 0.434 e. The number of ether oxygens (including phenoxy) is 1. The Labute approximate surface area is 189 Å². The highest BCUT2D eigenvalue weighted by Gasteiger charge is 2.41. The van der Waals surface area contributed by atoms with Crippen LogP contribution in [0.5, 0.6) is 5.75 Å². The van der Waals surface area contributed by atoms with Gasteiger partial charge in [-0.15, -0.1) is 11.3 Å². The first-order valence-corrected chi connectivity index (χ1v) is 10.6. The average Bonchev–Trinajstić information content (AvgIpc) is 3.42. The molecule has 1 N–H and O–H groups in total. The summed E-state index contributed by atoms with van der Waals surface area (Å²) in [6, 6.07) is 12.0. The number of para-hydroxylation sites is 1. The van der Waals surface area contributed by atoms with Crippen LogP contribution in [0, 0.1) is 5.82 Å². The summed E-state index contributed by atoms with van der Waals surface area (Å²) in [7, 11) is 0. The summed E-state index contributed by atoms with van der Waals surface area (Å²) in [6.45, 7) is 2.40. The Balaban J connectivity index is 1.60. The van der Waals surface area contributed by atoms with Gasteiger partial charge in [0.25, 0.3) is 5.91 Å². The number of anilines is 1. The van der Waals surface area contributed by atoms with Crippen LogP contribution in [0.3, 0.4) is 0 Å². The molecule has 0 unspecified atom stereocenters. The second kappa shape index (κ2) is 9.02. The monoisotopic (exact) mass is 476 g/mol. The molecule has 0 fully saturated rings. The molecule has 0 atom stereocenters. The quantitative estimate of drug-likeness (QED) is 0.357. The van der Waals surface area contributed by atoms with Crippen molar-refractivity contribution in [3.05, 3.63) is 77.2 Å². The van der Waals surface area contributed by atoms with Crippen molar-refractivity contribution in [2.75, 3.05) is 11.9 Å². The second-order valence-electron chi connectivity index (χ2n) is 6.72. The first-order valence-electron chi connectivity index (χ1n) is 9.68. The van der Waals surface area contributed by atoms with Gasteiger partial charge in [-0.1, -0.05) is 12.1 Å². The van der Waals surface area contributed by atoms with Crippen LogP contribution in [-0.4, -0.2) is 27.3 Å². The number of carbonyl (C=O) groups is 1. The van der Waals surface area contributed by atoms with Crippen molar-refractivity contribution >= 4 is 22.4 Å². The highest BCUT2D eigenvalue weighted by atomic mass is 32.1. The van der Waals surface area contributed by atoms with Gasteiger partial charge >= 0.3 is 6.18 Å². The van der Waals surface area contributed by atoms with Crippen molar-refractivity contribution in [2.24, 2.45) is 0 Å². The molecular weight excluding hydrogens is 460 g/mol. The van der Waals surface area contributed by atoms with Crippen molar-refractivity contribution in [1.82, 2.24) is 14.8 Å². The van der Waals surface area contributed by atoms with E-state index in [0.717, 1.165) is 35.2 Å². The number of alkyl halides is 3. The molecule has 0 saturated heterocycles. The van der Waals surface area contributed by atoms with E-state index >= 15 is 0 Å². The number of carbonyl (C=O) groups excluding carboxylic acids is 1. The van der Waals surface area contributed by atoms with Gasteiger partial charge in [0.15, 0.2) is 10.8 Å². The summed E-state index contributed by atoms with van der Waals surface area (Å²) in [5.74, 6) is -1.27. The Morgan fingerprint density at radius 3 is 2.55 bits per heavy atom.